The van der Waals surface area contributed by atoms with Gasteiger partial charge in [0.2, 0.25) is 0 Å². The van der Waals surface area contributed by atoms with Crippen LogP contribution >= 0.6 is 12.4 Å². The van der Waals surface area contributed by atoms with Crippen molar-refractivity contribution in [2.24, 2.45) is 5.92 Å². The quantitative estimate of drug-likeness (QED) is 0.910. The first-order valence-corrected chi connectivity index (χ1v) is 8.41. The smallest absolute Gasteiger partial charge is 0.0350 e. The maximum atomic E-state index is 3.51. The van der Waals surface area contributed by atoms with E-state index in [0.29, 0.717) is 6.04 Å². The van der Waals surface area contributed by atoms with E-state index in [1.807, 2.05) is 0 Å². The number of piperidine rings is 1. The zero-order chi connectivity index (χ0) is 13.8. The van der Waals surface area contributed by atoms with Crippen LogP contribution in [0.1, 0.15) is 49.8 Å². The lowest BCUT2D eigenvalue weighted by molar-refractivity contribution is 0.120. The molecule has 1 aromatic carbocycles. The van der Waals surface area contributed by atoms with E-state index in [-0.39, 0.29) is 12.4 Å². The summed E-state index contributed by atoms with van der Waals surface area (Å²) in [5.74, 6) is 0.894. The van der Waals surface area contributed by atoms with Crippen molar-refractivity contribution in [1.29, 1.82) is 0 Å². The van der Waals surface area contributed by atoms with Crippen molar-refractivity contribution in [3.63, 3.8) is 0 Å². The van der Waals surface area contributed by atoms with Crippen molar-refractivity contribution in [3.05, 3.63) is 35.4 Å². The van der Waals surface area contributed by atoms with Gasteiger partial charge in [-0.25, -0.2) is 0 Å². The Bertz CT molecular complexity index is 427. The Morgan fingerprint density at radius 2 is 1.90 bits per heavy atom. The van der Waals surface area contributed by atoms with Crippen LogP contribution in [0.3, 0.4) is 0 Å². The molecule has 1 aliphatic carbocycles. The number of hydrogen-bond donors (Lipinski definition) is 1. The summed E-state index contributed by atoms with van der Waals surface area (Å²) in [5, 5.41) is 3.51. The van der Waals surface area contributed by atoms with Crippen LogP contribution in [0.4, 0.5) is 0 Å². The standard InChI is InChI=1S/C18H28N2.ClH/c1-2-19-14-15-10-12-20(13-11-15)18-9-5-7-16-6-3-4-8-17(16)18;/h3-4,6,8,15,18-19H,2,5,7,9-14H2,1H3;1H. The molecule has 1 saturated heterocycles. The molecule has 1 aliphatic heterocycles. The molecule has 0 amide bonds. The Morgan fingerprint density at radius 1 is 1.14 bits per heavy atom. The highest BCUT2D eigenvalue weighted by molar-refractivity contribution is 5.85. The molecule has 0 aromatic heterocycles. The highest BCUT2D eigenvalue weighted by Gasteiger charge is 2.28. The first kappa shape index (κ1) is 16.8. The van der Waals surface area contributed by atoms with Crippen molar-refractivity contribution in [2.45, 2.75) is 45.1 Å². The van der Waals surface area contributed by atoms with Crippen LogP contribution in [0.2, 0.25) is 0 Å². The molecule has 0 saturated carbocycles. The van der Waals surface area contributed by atoms with Gasteiger partial charge in [-0.05, 0) is 75.3 Å². The molecule has 1 fully saturated rings. The van der Waals surface area contributed by atoms with E-state index in [4.69, 9.17) is 0 Å². The molecule has 1 heterocycles. The Labute approximate surface area is 135 Å². The van der Waals surface area contributed by atoms with Crippen molar-refractivity contribution in [2.75, 3.05) is 26.2 Å². The molecular weight excluding hydrogens is 280 g/mol. The lowest BCUT2D eigenvalue weighted by Gasteiger charge is -2.40. The zero-order valence-corrected chi connectivity index (χ0v) is 14.0. The van der Waals surface area contributed by atoms with E-state index >= 15 is 0 Å². The van der Waals surface area contributed by atoms with Crippen molar-refractivity contribution >= 4 is 12.4 Å². The van der Waals surface area contributed by atoms with E-state index in [2.05, 4.69) is 41.4 Å². The van der Waals surface area contributed by atoms with Gasteiger partial charge in [-0.15, -0.1) is 12.4 Å². The first-order chi connectivity index (χ1) is 9.88. The van der Waals surface area contributed by atoms with Gasteiger partial charge >= 0.3 is 0 Å². The average Bonchev–Trinajstić information content (AvgIpc) is 2.53. The number of nitrogens with one attached hydrogen (secondary N) is 1. The highest BCUT2D eigenvalue weighted by Crippen LogP contribution is 2.36. The number of halogens is 1. The van der Waals surface area contributed by atoms with E-state index < -0.39 is 0 Å². The van der Waals surface area contributed by atoms with Crippen molar-refractivity contribution in [3.8, 4) is 0 Å². The maximum absolute atomic E-state index is 3.51. The molecule has 118 valence electrons. The number of likely N-dealkylation sites (tertiary alicyclic amines) is 1. The Balaban J connectivity index is 0.00000161. The third-order valence-corrected chi connectivity index (χ3v) is 5.11. The largest absolute Gasteiger partial charge is 0.317 e. The molecular formula is C18H29ClN2. The summed E-state index contributed by atoms with van der Waals surface area (Å²) in [6.07, 6.45) is 6.73. The molecule has 3 rings (SSSR count). The van der Waals surface area contributed by atoms with Crippen molar-refractivity contribution in [1.82, 2.24) is 10.2 Å². The summed E-state index contributed by atoms with van der Waals surface area (Å²) >= 11 is 0. The fourth-order valence-corrected chi connectivity index (χ4v) is 3.92. The van der Waals surface area contributed by atoms with Gasteiger partial charge in [0.1, 0.15) is 0 Å². The van der Waals surface area contributed by atoms with Gasteiger partial charge in [0.15, 0.2) is 0 Å². The summed E-state index contributed by atoms with van der Waals surface area (Å²) in [7, 11) is 0. The van der Waals surface area contributed by atoms with Crippen LogP contribution in [0.5, 0.6) is 0 Å². The van der Waals surface area contributed by atoms with Gasteiger partial charge in [0.05, 0.1) is 0 Å². The molecule has 1 atom stereocenters. The minimum atomic E-state index is 0. The predicted octanol–water partition coefficient (Wildman–Crippen LogP) is 3.81. The highest BCUT2D eigenvalue weighted by atomic mass is 35.5. The van der Waals surface area contributed by atoms with Crippen LogP contribution in [0, 0.1) is 5.92 Å². The molecule has 2 nitrogen and oxygen atoms in total. The first-order valence-electron chi connectivity index (χ1n) is 8.41. The van der Waals surface area contributed by atoms with Crippen LogP contribution in [-0.2, 0) is 6.42 Å². The molecule has 0 radical (unpaired) electrons. The minimum absolute atomic E-state index is 0. The third-order valence-electron chi connectivity index (χ3n) is 5.11. The Kier molecular flexibility index (Phi) is 6.53. The van der Waals surface area contributed by atoms with Gasteiger partial charge < -0.3 is 5.32 Å². The molecule has 2 aliphatic rings. The van der Waals surface area contributed by atoms with Gasteiger partial charge in [-0.3, -0.25) is 4.90 Å². The number of fused-ring (bicyclic) bond motifs is 1. The van der Waals surface area contributed by atoms with E-state index in [0.717, 1.165) is 12.5 Å². The number of rotatable bonds is 4. The molecule has 21 heavy (non-hydrogen) atoms. The summed E-state index contributed by atoms with van der Waals surface area (Å²) in [6, 6.07) is 9.81. The average molecular weight is 309 g/mol. The number of benzene rings is 1. The predicted molar refractivity (Wildman–Crippen MR) is 92.2 cm³/mol. The summed E-state index contributed by atoms with van der Waals surface area (Å²) in [5.41, 5.74) is 3.21. The van der Waals surface area contributed by atoms with Crippen LogP contribution in [0.15, 0.2) is 24.3 Å². The number of aryl methyl sites for hydroxylation is 1. The Hall–Kier alpha value is -0.570. The van der Waals surface area contributed by atoms with E-state index in [1.54, 1.807) is 11.1 Å². The monoisotopic (exact) mass is 308 g/mol. The molecule has 1 aromatic rings. The third kappa shape index (κ3) is 4.00. The van der Waals surface area contributed by atoms with Crippen LogP contribution < -0.4 is 5.32 Å². The summed E-state index contributed by atoms with van der Waals surface area (Å²) < 4.78 is 0. The SMILES string of the molecule is CCNCC1CCN(C2CCCc3ccccc32)CC1.Cl. The van der Waals surface area contributed by atoms with Gasteiger partial charge in [-0.2, -0.15) is 0 Å². The second-order valence-electron chi connectivity index (χ2n) is 6.39. The van der Waals surface area contributed by atoms with Gasteiger partial charge in [0.25, 0.3) is 0 Å². The van der Waals surface area contributed by atoms with Gasteiger partial charge in [-0.1, -0.05) is 31.2 Å². The van der Waals surface area contributed by atoms with Crippen LogP contribution in [0.25, 0.3) is 0 Å². The molecule has 1 N–H and O–H groups in total. The Morgan fingerprint density at radius 3 is 2.67 bits per heavy atom. The molecule has 0 bridgehead atoms. The minimum Gasteiger partial charge on any atom is -0.317 e. The molecule has 0 spiro atoms. The van der Waals surface area contributed by atoms with Crippen molar-refractivity contribution < 1.29 is 0 Å². The second-order valence-corrected chi connectivity index (χ2v) is 6.39. The van der Waals surface area contributed by atoms with E-state index in [9.17, 15) is 0 Å². The topological polar surface area (TPSA) is 15.3 Å². The molecule has 1 unspecified atom stereocenters. The fraction of sp³-hybridized carbons (Fsp3) is 0.667. The molecule has 3 heteroatoms. The zero-order valence-electron chi connectivity index (χ0n) is 13.2. The lowest BCUT2D eigenvalue weighted by atomic mass is 9.85. The second kappa shape index (κ2) is 8.17. The number of hydrogen-bond acceptors (Lipinski definition) is 2. The maximum Gasteiger partial charge on any atom is 0.0350 e. The lowest BCUT2D eigenvalue weighted by Crippen LogP contribution is -2.40. The normalized spacial score (nSPS) is 23.4. The van der Waals surface area contributed by atoms with E-state index in [1.165, 1.54) is 51.7 Å². The fourth-order valence-electron chi connectivity index (χ4n) is 3.92. The number of nitrogens with zero attached hydrogens (tertiary/aromatic N) is 1. The summed E-state index contributed by atoms with van der Waals surface area (Å²) in [6.45, 7) is 7.10. The van der Waals surface area contributed by atoms with Gasteiger partial charge in [0, 0.05) is 6.04 Å². The van der Waals surface area contributed by atoms with Crippen LogP contribution in [-0.4, -0.2) is 31.1 Å². The summed E-state index contributed by atoms with van der Waals surface area (Å²) in [4.78, 5) is 2.75.